The quantitative estimate of drug-likeness (QED) is 0.828. The molecule has 1 heterocycles. The second kappa shape index (κ2) is 5.87. The third kappa shape index (κ3) is 3.71. The van der Waals surface area contributed by atoms with Gasteiger partial charge in [0.2, 0.25) is 0 Å². The van der Waals surface area contributed by atoms with Gasteiger partial charge in [-0.1, -0.05) is 20.3 Å². The van der Waals surface area contributed by atoms with Crippen molar-refractivity contribution in [2.75, 3.05) is 7.05 Å². The SMILES string of the molecule is CCC(C)CC(NC)c1cscc1C(F)(F)F. The van der Waals surface area contributed by atoms with Crippen molar-refractivity contribution in [3.05, 3.63) is 21.9 Å². The summed E-state index contributed by atoms with van der Waals surface area (Å²) in [6.45, 7) is 4.11. The van der Waals surface area contributed by atoms with E-state index in [0.717, 1.165) is 24.2 Å². The Morgan fingerprint density at radius 3 is 2.47 bits per heavy atom. The van der Waals surface area contributed by atoms with E-state index in [1.807, 2.05) is 0 Å². The van der Waals surface area contributed by atoms with Crippen LogP contribution in [0.4, 0.5) is 13.2 Å². The number of halogens is 3. The van der Waals surface area contributed by atoms with Gasteiger partial charge in [0.25, 0.3) is 0 Å². The van der Waals surface area contributed by atoms with Gasteiger partial charge in [0.05, 0.1) is 5.56 Å². The van der Waals surface area contributed by atoms with Crippen molar-refractivity contribution in [1.82, 2.24) is 5.32 Å². The fourth-order valence-electron chi connectivity index (χ4n) is 1.78. The molecule has 1 rings (SSSR count). The monoisotopic (exact) mass is 265 g/mol. The van der Waals surface area contributed by atoms with Crippen molar-refractivity contribution in [2.45, 2.75) is 38.9 Å². The fourth-order valence-corrected chi connectivity index (χ4v) is 2.69. The van der Waals surface area contributed by atoms with E-state index in [2.05, 4.69) is 19.2 Å². The number of alkyl halides is 3. The highest BCUT2D eigenvalue weighted by atomic mass is 32.1. The highest BCUT2D eigenvalue weighted by Crippen LogP contribution is 2.38. The Bertz CT molecular complexity index is 346. The van der Waals surface area contributed by atoms with Gasteiger partial charge in [0.1, 0.15) is 0 Å². The molecule has 5 heteroatoms. The minimum absolute atomic E-state index is 0.215. The summed E-state index contributed by atoms with van der Waals surface area (Å²) in [5, 5.41) is 5.78. The van der Waals surface area contributed by atoms with E-state index in [-0.39, 0.29) is 6.04 Å². The standard InChI is InChI=1S/C12H18F3NS/c1-4-8(2)5-11(16-3)9-6-17-7-10(9)12(13,14)15/h6-8,11,16H,4-5H2,1-3H3. The molecule has 0 radical (unpaired) electrons. The lowest BCUT2D eigenvalue weighted by Gasteiger charge is -2.21. The van der Waals surface area contributed by atoms with Crippen LogP contribution in [-0.2, 0) is 6.18 Å². The van der Waals surface area contributed by atoms with Gasteiger partial charge in [-0.05, 0) is 30.3 Å². The molecule has 0 bridgehead atoms. The average molecular weight is 265 g/mol. The third-order valence-corrected chi connectivity index (χ3v) is 3.82. The first-order valence-corrected chi connectivity index (χ1v) is 6.65. The molecular weight excluding hydrogens is 247 g/mol. The summed E-state index contributed by atoms with van der Waals surface area (Å²) in [5.41, 5.74) is -0.115. The Hall–Kier alpha value is -0.550. The van der Waals surface area contributed by atoms with Crippen LogP contribution in [0.25, 0.3) is 0 Å². The Kier molecular flexibility index (Phi) is 5.01. The highest BCUT2D eigenvalue weighted by molar-refractivity contribution is 7.08. The van der Waals surface area contributed by atoms with E-state index < -0.39 is 11.7 Å². The van der Waals surface area contributed by atoms with Gasteiger partial charge in [-0.25, -0.2) is 0 Å². The zero-order chi connectivity index (χ0) is 13.1. The average Bonchev–Trinajstić information content (AvgIpc) is 2.73. The minimum Gasteiger partial charge on any atom is -0.313 e. The first-order chi connectivity index (χ1) is 7.90. The number of thiophene rings is 1. The normalized spacial score (nSPS) is 15.9. The summed E-state index contributed by atoms with van der Waals surface area (Å²) in [7, 11) is 1.71. The van der Waals surface area contributed by atoms with Crippen LogP contribution in [0.15, 0.2) is 10.8 Å². The van der Waals surface area contributed by atoms with Crippen molar-refractivity contribution in [2.24, 2.45) is 5.92 Å². The number of hydrogen-bond acceptors (Lipinski definition) is 2. The van der Waals surface area contributed by atoms with Gasteiger partial charge in [0, 0.05) is 11.4 Å². The molecule has 1 aromatic rings. The minimum atomic E-state index is -4.25. The number of nitrogens with one attached hydrogen (secondary N) is 1. The Balaban J connectivity index is 2.93. The van der Waals surface area contributed by atoms with E-state index in [9.17, 15) is 13.2 Å². The lowest BCUT2D eigenvalue weighted by molar-refractivity contribution is -0.138. The molecule has 98 valence electrons. The van der Waals surface area contributed by atoms with E-state index in [4.69, 9.17) is 0 Å². The first-order valence-electron chi connectivity index (χ1n) is 5.70. The van der Waals surface area contributed by atoms with Gasteiger partial charge in [-0.2, -0.15) is 24.5 Å². The molecule has 2 unspecified atom stereocenters. The van der Waals surface area contributed by atoms with Crippen molar-refractivity contribution in [1.29, 1.82) is 0 Å². The van der Waals surface area contributed by atoms with Crippen molar-refractivity contribution >= 4 is 11.3 Å². The molecule has 1 nitrogen and oxygen atoms in total. The summed E-state index contributed by atoms with van der Waals surface area (Å²) in [4.78, 5) is 0. The fraction of sp³-hybridized carbons (Fsp3) is 0.667. The van der Waals surface area contributed by atoms with Gasteiger partial charge < -0.3 is 5.32 Å². The molecule has 0 saturated heterocycles. The summed E-state index contributed by atoms with van der Waals surface area (Å²) >= 11 is 1.11. The summed E-state index contributed by atoms with van der Waals surface area (Å²) < 4.78 is 38.3. The first kappa shape index (κ1) is 14.5. The molecule has 1 N–H and O–H groups in total. The van der Waals surface area contributed by atoms with Gasteiger partial charge in [-0.15, -0.1) is 0 Å². The maximum absolute atomic E-state index is 12.8. The van der Waals surface area contributed by atoms with Crippen LogP contribution in [0.2, 0.25) is 0 Å². The van der Waals surface area contributed by atoms with Crippen LogP contribution in [0.5, 0.6) is 0 Å². The zero-order valence-corrected chi connectivity index (χ0v) is 11.1. The summed E-state index contributed by atoms with van der Waals surface area (Å²) in [5.74, 6) is 0.411. The smallest absolute Gasteiger partial charge is 0.313 e. The van der Waals surface area contributed by atoms with Crippen molar-refractivity contribution < 1.29 is 13.2 Å². The third-order valence-electron chi connectivity index (χ3n) is 3.06. The van der Waals surface area contributed by atoms with E-state index in [1.165, 1.54) is 5.38 Å². The van der Waals surface area contributed by atoms with Gasteiger partial charge in [0.15, 0.2) is 0 Å². The molecule has 0 aliphatic carbocycles. The van der Waals surface area contributed by atoms with Crippen molar-refractivity contribution in [3.63, 3.8) is 0 Å². The maximum Gasteiger partial charge on any atom is 0.417 e. The van der Waals surface area contributed by atoms with Crippen LogP contribution in [0.1, 0.15) is 43.9 Å². The Labute approximate surface area is 104 Å². The van der Waals surface area contributed by atoms with Crippen LogP contribution in [0, 0.1) is 5.92 Å². The maximum atomic E-state index is 12.8. The number of rotatable bonds is 5. The summed E-state index contributed by atoms with van der Waals surface area (Å²) in [6, 6.07) is -0.215. The molecule has 17 heavy (non-hydrogen) atoms. The molecule has 0 aliphatic rings. The second-order valence-corrected chi connectivity index (χ2v) is 5.07. The lowest BCUT2D eigenvalue weighted by Crippen LogP contribution is -2.21. The topological polar surface area (TPSA) is 12.0 Å². The van der Waals surface area contributed by atoms with E-state index in [0.29, 0.717) is 11.5 Å². The van der Waals surface area contributed by atoms with Crippen molar-refractivity contribution in [3.8, 4) is 0 Å². The Morgan fingerprint density at radius 1 is 1.35 bits per heavy atom. The van der Waals surface area contributed by atoms with Gasteiger partial charge >= 0.3 is 6.18 Å². The summed E-state index contributed by atoms with van der Waals surface area (Å²) in [6.07, 6.45) is -2.55. The van der Waals surface area contributed by atoms with Crippen LogP contribution >= 0.6 is 11.3 Å². The molecule has 1 aromatic heterocycles. The van der Waals surface area contributed by atoms with E-state index in [1.54, 1.807) is 12.4 Å². The van der Waals surface area contributed by atoms with Crippen LogP contribution < -0.4 is 5.32 Å². The second-order valence-electron chi connectivity index (χ2n) is 4.33. The predicted molar refractivity (Wildman–Crippen MR) is 65.2 cm³/mol. The molecule has 0 amide bonds. The highest BCUT2D eigenvalue weighted by Gasteiger charge is 2.35. The van der Waals surface area contributed by atoms with Crippen LogP contribution in [-0.4, -0.2) is 7.05 Å². The molecule has 2 atom stereocenters. The van der Waals surface area contributed by atoms with E-state index >= 15 is 0 Å². The molecular formula is C12H18F3NS. The number of hydrogen-bond donors (Lipinski definition) is 1. The molecule has 0 aliphatic heterocycles. The molecule has 0 spiro atoms. The van der Waals surface area contributed by atoms with Gasteiger partial charge in [-0.3, -0.25) is 0 Å². The largest absolute Gasteiger partial charge is 0.417 e. The van der Waals surface area contributed by atoms with Crippen LogP contribution in [0.3, 0.4) is 0 Å². The predicted octanol–water partition coefficient (Wildman–Crippen LogP) is 4.46. The lowest BCUT2D eigenvalue weighted by atomic mass is 9.94. The zero-order valence-electron chi connectivity index (χ0n) is 10.3. The Morgan fingerprint density at radius 2 is 2.00 bits per heavy atom. The molecule has 0 aromatic carbocycles. The molecule has 0 saturated carbocycles. The molecule has 0 fully saturated rings.